The Morgan fingerprint density at radius 3 is 2.76 bits per heavy atom. The average molecular weight is 342 g/mol. The zero-order valence-corrected chi connectivity index (χ0v) is 13.4. The van der Waals surface area contributed by atoms with Crippen LogP contribution in [0, 0.1) is 6.92 Å². The minimum Gasteiger partial charge on any atom is -0.489 e. The van der Waals surface area contributed by atoms with E-state index in [1.54, 1.807) is 0 Å². The summed E-state index contributed by atoms with van der Waals surface area (Å²) >= 11 is 3.52. The lowest BCUT2D eigenvalue weighted by atomic mass is 10.1. The van der Waals surface area contributed by atoms with Gasteiger partial charge in [0.15, 0.2) is 0 Å². The Hall–Kier alpha value is -1.87. The molecule has 0 unspecified atom stereocenters. The highest BCUT2D eigenvalue weighted by molar-refractivity contribution is 9.08. The average Bonchev–Trinajstić information content (AvgIpc) is 2.53. The number of nitrogens with zero attached hydrogens (tertiary/aromatic N) is 1. The van der Waals surface area contributed by atoms with Gasteiger partial charge in [-0.2, -0.15) is 0 Å². The Bertz CT molecular complexity index is 765. The van der Waals surface area contributed by atoms with E-state index in [0.29, 0.717) is 6.61 Å². The van der Waals surface area contributed by atoms with Crippen LogP contribution < -0.4 is 4.74 Å². The van der Waals surface area contributed by atoms with Crippen molar-refractivity contribution in [2.45, 2.75) is 18.9 Å². The highest BCUT2D eigenvalue weighted by Gasteiger charge is 2.06. The standard InChI is InChI=1S/C18H16BrNO/c1-13-6-7-18(15(10-13)11-19)21-12-14-8-9-20-17-5-3-2-4-16(14)17/h2-10H,11-12H2,1H3. The van der Waals surface area contributed by atoms with Crippen LogP contribution >= 0.6 is 15.9 Å². The van der Waals surface area contributed by atoms with E-state index >= 15 is 0 Å². The number of rotatable bonds is 4. The SMILES string of the molecule is Cc1ccc(OCc2ccnc3ccccc23)c(CBr)c1. The Morgan fingerprint density at radius 2 is 1.90 bits per heavy atom. The molecule has 0 radical (unpaired) electrons. The molecular weight excluding hydrogens is 326 g/mol. The third kappa shape index (κ3) is 3.08. The molecule has 3 rings (SSSR count). The van der Waals surface area contributed by atoms with Gasteiger partial charge in [-0.25, -0.2) is 0 Å². The van der Waals surface area contributed by atoms with Crippen LogP contribution in [0.1, 0.15) is 16.7 Å². The van der Waals surface area contributed by atoms with Gasteiger partial charge >= 0.3 is 0 Å². The third-order valence-electron chi connectivity index (χ3n) is 3.48. The number of benzene rings is 2. The molecule has 0 fully saturated rings. The lowest BCUT2D eigenvalue weighted by molar-refractivity contribution is 0.305. The Morgan fingerprint density at radius 1 is 1.05 bits per heavy atom. The van der Waals surface area contributed by atoms with Crippen molar-refractivity contribution in [3.63, 3.8) is 0 Å². The van der Waals surface area contributed by atoms with E-state index in [2.05, 4.69) is 46.0 Å². The number of fused-ring (bicyclic) bond motifs is 1. The van der Waals surface area contributed by atoms with E-state index in [-0.39, 0.29) is 0 Å². The summed E-state index contributed by atoms with van der Waals surface area (Å²) in [5.74, 6) is 0.929. The number of ether oxygens (including phenoxy) is 1. The van der Waals surface area contributed by atoms with E-state index in [1.165, 1.54) is 11.1 Å². The fourth-order valence-electron chi connectivity index (χ4n) is 2.39. The van der Waals surface area contributed by atoms with Gasteiger partial charge in [0.05, 0.1) is 5.52 Å². The quantitative estimate of drug-likeness (QED) is 0.621. The number of halogens is 1. The Kier molecular flexibility index (Phi) is 4.20. The molecule has 1 heterocycles. The van der Waals surface area contributed by atoms with Crippen LogP contribution in [-0.2, 0) is 11.9 Å². The minimum absolute atomic E-state index is 0.548. The van der Waals surface area contributed by atoms with Crippen molar-refractivity contribution in [3.8, 4) is 5.75 Å². The van der Waals surface area contributed by atoms with Crippen LogP contribution in [0.15, 0.2) is 54.7 Å². The molecule has 3 aromatic rings. The summed E-state index contributed by atoms with van der Waals surface area (Å²) in [4.78, 5) is 4.38. The molecule has 0 saturated carbocycles. The lowest BCUT2D eigenvalue weighted by Crippen LogP contribution is -1.99. The normalized spacial score (nSPS) is 10.8. The molecule has 0 aliphatic heterocycles. The van der Waals surface area contributed by atoms with Crippen LogP contribution in [0.5, 0.6) is 5.75 Å². The fourth-order valence-corrected chi connectivity index (χ4v) is 2.83. The molecule has 0 N–H and O–H groups in total. The number of pyridine rings is 1. The van der Waals surface area contributed by atoms with Crippen molar-refractivity contribution < 1.29 is 4.74 Å². The number of aromatic nitrogens is 1. The number of alkyl halides is 1. The monoisotopic (exact) mass is 341 g/mol. The third-order valence-corrected chi connectivity index (χ3v) is 4.09. The molecule has 0 bridgehead atoms. The molecular formula is C18H16BrNO. The molecule has 1 aromatic heterocycles. The van der Waals surface area contributed by atoms with Gasteiger partial charge in [0.25, 0.3) is 0 Å². The lowest BCUT2D eigenvalue weighted by Gasteiger charge is -2.12. The minimum atomic E-state index is 0.548. The predicted molar refractivity (Wildman–Crippen MR) is 89.9 cm³/mol. The maximum Gasteiger partial charge on any atom is 0.123 e. The summed E-state index contributed by atoms with van der Waals surface area (Å²) in [6.07, 6.45) is 1.83. The maximum absolute atomic E-state index is 6.02. The van der Waals surface area contributed by atoms with E-state index in [9.17, 15) is 0 Å². The van der Waals surface area contributed by atoms with Gasteiger partial charge in [-0.15, -0.1) is 0 Å². The van der Waals surface area contributed by atoms with Crippen LogP contribution in [0.25, 0.3) is 10.9 Å². The van der Waals surface area contributed by atoms with Gasteiger partial charge in [0, 0.05) is 28.0 Å². The summed E-state index contributed by atoms with van der Waals surface area (Å²) in [6, 6.07) is 16.4. The maximum atomic E-state index is 6.02. The smallest absolute Gasteiger partial charge is 0.123 e. The molecule has 0 aliphatic carbocycles. The van der Waals surface area contributed by atoms with Crippen LogP contribution in [-0.4, -0.2) is 4.98 Å². The first-order valence-electron chi connectivity index (χ1n) is 6.89. The van der Waals surface area contributed by atoms with Crippen molar-refractivity contribution >= 4 is 26.8 Å². The van der Waals surface area contributed by atoms with Crippen molar-refractivity contribution in [2.75, 3.05) is 0 Å². The summed E-state index contributed by atoms with van der Waals surface area (Å²) in [6.45, 7) is 2.64. The van der Waals surface area contributed by atoms with Crippen molar-refractivity contribution in [3.05, 3.63) is 71.4 Å². The van der Waals surface area contributed by atoms with Gasteiger partial charge < -0.3 is 4.74 Å². The first-order chi connectivity index (χ1) is 10.3. The van der Waals surface area contributed by atoms with E-state index in [1.807, 2.05) is 36.5 Å². The molecule has 0 saturated heterocycles. The molecule has 106 valence electrons. The highest BCUT2D eigenvalue weighted by Crippen LogP contribution is 2.25. The first kappa shape index (κ1) is 14.1. The van der Waals surface area contributed by atoms with Crippen molar-refractivity contribution in [1.29, 1.82) is 0 Å². The second kappa shape index (κ2) is 6.27. The summed E-state index contributed by atoms with van der Waals surface area (Å²) in [7, 11) is 0. The van der Waals surface area contributed by atoms with Crippen molar-refractivity contribution in [1.82, 2.24) is 4.98 Å². The van der Waals surface area contributed by atoms with Crippen LogP contribution in [0.3, 0.4) is 0 Å². The van der Waals surface area contributed by atoms with Gasteiger partial charge in [-0.05, 0) is 25.1 Å². The summed E-state index contributed by atoms with van der Waals surface area (Å²) < 4.78 is 6.02. The molecule has 2 aromatic carbocycles. The largest absolute Gasteiger partial charge is 0.489 e. The molecule has 0 atom stereocenters. The summed E-state index contributed by atoms with van der Waals surface area (Å²) in [5.41, 5.74) is 4.57. The van der Waals surface area contributed by atoms with E-state index < -0.39 is 0 Å². The number of hydrogen-bond acceptors (Lipinski definition) is 2. The zero-order chi connectivity index (χ0) is 14.7. The molecule has 2 nitrogen and oxygen atoms in total. The molecule has 0 spiro atoms. The second-order valence-electron chi connectivity index (χ2n) is 5.02. The highest BCUT2D eigenvalue weighted by atomic mass is 79.9. The first-order valence-corrected chi connectivity index (χ1v) is 8.01. The number of para-hydroxylation sites is 1. The Labute approximate surface area is 132 Å². The Balaban J connectivity index is 1.87. The van der Waals surface area contributed by atoms with Gasteiger partial charge in [0.2, 0.25) is 0 Å². The molecule has 3 heteroatoms. The fraction of sp³-hybridized carbons (Fsp3) is 0.167. The second-order valence-corrected chi connectivity index (χ2v) is 5.58. The predicted octanol–water partition coefficient (Wildman–Crippen LogP) is 5.02. The van der Waals surface area contributed by atoms with Crippen molar-refractivity contribution in [2.24, 2.45) is 0 Å². The number of aryl methyl sites for hydroxylation is 1. The van der Waals surface area contributed by atoms with Crippen LogP contribution in [0.4, 0.5) is 0 Å². The van der Waals surface area contributed by atoms with Gasteiger partial charge in [0.1, 0.15) is 12.4 Å². The van der Waals surface area contributed by atoms with Gasteiger partial charge in [-0.3, -0.25) is 4.98 Å². The van der Waals surface area contributed by atoms with E-state index in [4.69, 9.17) is 4.74 Å². The topological polar surface area (TPSA) is 22.1 Å². The number of hydrogen-bond donors (Lipinski definition) is 0. The molecule has 0 amide bonds. The van der Waals surface area contributed by atoms with E-state index in [0.717, 1.165) is 27.5 Å². The molecule has 21 heavy (non-hydrogen) atoms. The summed E-state index contributed by atoms with van der Waals surface area (Å²) in [5, 5.41) is 1.94. The van der Waals surface area contributed by atoms with Crippen LogP contribution in [0.2, 0.25) is 0 Å². The zero-order valence-electron chi connectivity index (χ0n) is 11.8. The molecule has 0 aliphatic rings. The van der Waals surface area contributed by atoms with Gasteiger partial charge in [-0.1, -0.05) is 51.8 Å².